The van der Waals surface area contributed by atoms with E-state index >= 15 is 0 Å². The van der Waals surface area contributed by atoms with Gasteiger partial charge in [0.1, 0.15) is 0 Å². The Morgan fingerprint density at radius 3 is 2.79 bits per heavy atom. The van der Waals surface area contributed by atoms with Crippen LogP contribution in [-0.4, -0.2) is 8.42 Å². The second kappa shape index (κ2) is 3.55. The number of hydrogen-bond donors (Lipinski definition) is 0. The molecule has 0 saturated heterocycles. The molecule has 76 valence electrons. The molecule has 0 saturated carbocycles. The van der Waals surface area contributed by atoms with Gasteiger partial charge in [-0.2, -0.15) is 0 Å². The van der Waals surface area contributed by atoms with Crippen LogP contribution in [-0.2, 0) is 27.6 Å². The molecule has 0 aliphatic heterocycles. The second-order valence-electron chi connectivity index (χ2n) is 3.59. The Hall–Kier alpha value is -0.540. The van der Waals surface area contributed by atoms with Crippen molar-refractivity contribution in [3.05, 3.63) is 34.9 Å². The summed E-state index contributed by atoms with van der Waals surface area (Å²) in [4.78, 5) is 0. The minimum Gasteiger partial charge on any atom is -0.212 e. The zero-order chi connectivity index (χ0) is 10.2. The fourth-order valence-electron chi connectivity index (χ4n) is 2.02. The first-order valence-electron chi connectivity index (χ1n) is 4.58. The first kappa shape index (κ1) is 9.99. The van der Waals surface area contributed by atoms with Crippen molar-refractivity contribution < 1.29 is 8.42 Å². The molecule has 1 aliphatic rings. The summed E-state index contributed by atoms with van der Waals surface area (Å²) in [5, 5.41) is 0. The Bertz CT molecular complexity index is 451. The van der Waals surface area contributed by atoms with Crippen LogP contribution in [0.1, 0.15) is 23.1 Å². The van der Waals surface area contributed by atoms with E-state index in [4.69, 9.17) is 10.7 Å². The molecular formula is C10H11ClO2S. The summed E-state index contributed by atoms with van der Waals surface area (Å²) in [6, 6.07) is 5.82. The maximum Gasteiger partial charge on any atom is 0.236 e. The van der Waals surface area contributed by atoms with Crippen LogP contribution >= 0.6 is 10.7 Å². The molecule has 0 fully saturated rings. The van der Waals surface area contributed by atoms with E-state index in [2.05, 4.69) is 6.07 Å². The average Bonchev–Trinajstić information content (AvgIpc) is 2.49. The summed E-state index contributed by atoms with van der Waals surface area (Å²) in [6.45, 7) is 0. The van der Waals surface area contributed by atoms with E-state index in [1.54, 1.807) is 0 Å². The van der Waals surface area contributed by atoms with Crippen molar-refractivity contribution in [1.82, 2.24) is 0 Å². The van der Waals surface area contributed by atoms with Crippen LogP contribution in [0.2, 0.25) is 0 Å². The van der Waals surface area contributed by atoms with E-state index in [-0.39, 0.29) is 5.75 Å². The highest BCUT2D eigenvalue weighted by Crippen LogP contribution is 2.26. The van der Waals surface area contributed by atoms with Gasteiger partial charge in [-0.05, 0) is 36.0 Å². The van der Waals surface area contributed by atoms with Crippen LogP contribution in [0.3, 0.4) is 0 Å². The Balaban J connectivity index is 2.40. The lowest BCUT2D eigenvalue weighted by Gasteiger charge is -2.05. The van der Waals surface area contributed by atoms with E-state index in [0.717, 1.165) is 24.8 Å². The lowest BCUT2D eigenvalue weighted by Crippen LogP contribution is -1.99. The summed E-state index contributed by atoms with van der Waals surface area (Å²) in [5.41, 5.74) is 3.34. The smallest absolute Gasteiger partial charge is 0.212 e. The zero-order valence-electron chi connectivity index (χ0n) is 7.66. The topological polar surface area (TPSA) is 34.1 Å². The highest BCUT2D eigenvalue weighted by Gasteiger charge is 2.17. The fourth-order valence-corrected chi connectivity index (χ4v) is 3.01. The molecule has 2 rings (SSSR count). The van der Waals surface area contributed by atoms with Crippen LogP contribution in [0, 0.1) is 0 Å². The van der Waals surface area contributed by atoms with Crippen molar-refractivity contribution >= 4 is 19.7 Å². The normalized spacial score (nSPS) is 15.5. The van der Waals surface area contributed by atoms with Crippen LogP contribution in [0.5, 0.6) is 0 Å². The molecule has 0 heterocycles. The molecule has 0 atom stereocenters. The van der Waals surface area contributed by atoms with Gasteiger partial charge in [-0.25, -0.2) is 8.42 Å². The molecule has 0 amide bonds. The molecule has 2 nitrogen and oxygen atoms in total. The Labute approximate surface area is 88.3 Å². The van der Waals surface area contributed by atoms with E-state index in [0.29, 0.717) is 0 Å². The number of benzene rings is 1. The summed E-state index contributed by atoms with van der Waals surface area (Å²) in [5.74, 6) is -0.0439. The monoisotopic (exact) mass is 230 g/mol. The number of hydrogen-bond acceptors (Lipinski definition) is 2. The maximum atomic E-state index is 11.0. The third kappa shape index (κ3) is 2.10. The van der Waals surface area contributed by atoms with Gasteiger partial charge in [0.2, 0.25) is 9.05 Å². The fraction of sp³-hybridized carbons (Fsp3) is 0.400. The molecule has 0 spiro atoms. The summed E-state index contributed by atoms with van der Waals surface area (Å²) in [7, 11) is 1.82. The third-order valence-electron chi connectivity index (χ3n) is 2.57. The van der Waals surface area contributed by atoms with Gasteiger partial charge < -0.3 is 0 Å². The minimum absolute atomic E-state index is 0.0439. The molecule has 14 heavy (non-hydrogen) atoms. The highest BCUT2D eigenvalue weighted by molar-refractivity contribution is 8.13. The SMILES string of the molecule is O=S(=O)(Cl)Cc1cccc2c1CCC2. The first-order valence-corrected chi connectivity index (χ1v) is 7.06. The molecule has 4 heteroatoms. The molecule has 0 radical (unpaired) electrons. The molecule has 1 aliphatic carbocycles. The molecule has 0 N–H and O–H groups in total. The van der Waals surface area contributed by atoms with Gasteiger partial charge in [-0.1, -0.05) is 18.2 Å². The van der Waals surface area contributed by atoms with Crippen LogP contribution < -0.4 is 0 Å². The van der Waals surface area contributed by atoms with Gasteiger partial charge in [0, 0.05) is 10.7 Å². The van der Waals surface area contributed by atoms with Gasteiger partial charge in [-0.3, -0.25) is 0 Å². The predicted molar refractivity (Wildman–Crippen MR) is 56.9 cm³/mol. The zero-order valence-corrected chi connectivity index (χ0v) is 9.24. The number of rotatable bonds is 2. The largest absolute Gasteiger partial charge is 0.236 e. The van der Waals surface area contributed by atoms with Crippen molar-refractivity contribution in [2.45, 2.75) is 25.0 Å². The van der Waals surface area contributed by atoms with Crippen molar-refractivity contribution in [1.29, 1.82) is 0 Å². The molecule has 1 aromatic rings. The van der Waals surface area contributed by atoms with E-state index in [1.807, 2.05) is 12.1 Å². The van der Waals surface area contributed by atoms with Crippen molar-refractivity contribution in [3.8, 4) is 0 Å². The molecule has 0 aromatic heterocycles. The van der Waals surface area contributed by atoms with Gasteiger partial charge in [0.05, 0.1) is 5.75 Å². The van der Waals surface area contributed by atoms with Crippen molar-refractivity contribution in [2.75, 3.05) is 0 Å². The number of aryl methyl sites for hydroxylation is 1. The van der Waals surface area contributed by atoms with Gasteiger partial charge in [0.25, 0.3) is 0 Å². The second-order valence-corrected chi connectivity index (χ2v) is 6.37. The van der Waals surface area contributed by atoms with Gasteiger partial charge in [-0.15, -0.1) is 0 Å². The Morgan fingerprint density at radius 2 is 2.07 bits per heavy atom. The maximum absolute atomic E-state index is 11.0. The lowest BCUT2D eigenvalue weighted by molar-refractivity contribution is 0.608. The Morgan fingerprint density at radius 1 is 1.29 bits per heavy atom. The van der Waals surface area contributed by atoms with E-state index in [1.165, 1.54) is 11.1 Å². The van der Waals surface area contributed by atoms with E-state index < -0.39 is 9.05 Å². The summed E-state index contributed by atoms with van der Waals surface area (Å²) >= 11 is 0. The van der Waals surface area contributed by atoms with Crippen LogP contribution in [0.4, 0.5) is 0 Å². The quantitative estimate of drug-likeness (QED) is 0.731. The first-order chi connectivity index (χ1) is 6.56. The minimum atomic E-state index is -3.43. The Kier molecular flexibility index (Phi) is 2.54. The standard InChI is InChI=1S/C10H11ClO2S/c11-14(12,13)7-9-5-1-3-8-4-2-6-10(8)9/h1,3,5H,2,4,6-7H2. The third-order valence-corrected chi connectivity index (χ3v) is 3.55. The van der Waals surface area contributed by atoms with E-state index in [9.17, 15) is 8.42 Å². The number of halogens is 1. The van der Waals surface area contributed by atoms with Crippen LogP contribution in [0.25, 0.3) is 0 Å². The predicted octanol–water partition coefficient (Wildman–Crippen LogP) is 2.24. The highest BCUT2D eigenvalue weighted by atomic mass is 35.7. The van der Waals surface area contributed by atoms with Crippen molar-refractivity contribution in [2.24, 2.45) is 0 Å². The molecular weight excluding hydrogens is 220 g/mol. The molecule has 1 aromatic carbocycles. The molecule has 0 unspecified atom stereocenters. The van der Waals surface area contributed by atoms with Gasteiger partial charge in [0.15, 0.2) is 0 Å². The average molecular weight is 231 g/mol. The van der Waals surface area contributed by atoms with Gasteiger partial charge >= 0.3 is 0 Å². The van der Waals surface area contributed by atoms with Crippen LogP contribution in [0.15, 0.2) is 18.2 Å². The lowest BCUT2D eigenvalue weighted by atomic mass is 10.1. The van der Waals surface area contributed by atoms with Crippen molar-refractivity contribution in [3.63, 3.8) is 0 Å². The summed E-state index contributed by atoms with van der Waals surface area (Å²) < 4.78 is 21.9. The summed E-state index contributed by atoms with van der Waals surface area (Å²) in [6.07, 6.45) is 3.16. The number of fused-ring (bicyclic) bond motifs is 1. The molecule has 0 bridgehead atoms.